The van der Waals surface area contributed by atoms with Crippen LogP contribution in [-0.2, 0) is 4.79 Å². The maximum Gasteiger partial charge on any atom is 0.246 e. The van der Waals surface area contributed by atoms with E-state index in [1.165, 1.54) is 38.5 Å². The van der Waals surface area contributed by atoms with Gasteiger partial charge in [-0.3, -0.25) is 4.79 Å². The van der Waals surface area contributed by atoms with E-state index in [1.807, 2.05) is 13.0 Å². The van der Waals surface area contributed by atoms with Gasteiger partial charge in [-0.05, 0) is 37.1 Å². The Hall–Kier alpha value is -1.77. The molecule has 122 valence electrons. The molecule has 0 saturated carbocycles. The standard InChI is InChI=1S/C19H29NO2/c1-3-4-5-6-7-8-9-14-20-19(22)16(2)15-17-10-12-18(21)13-11-17/h10-13,15,21H,3-9,14H2,1-2H3,(H,20,22). The molecule has 3 heteroatoms. The van der Waals surface area contributed by atoms with Crippen molar-refractivity contribution in [1.82, 2.24) is 5.32 Å². The molecule has 0 unspecified atom stereocenters. The summed E-state index contributed by atoms with van der Waals surface area (Å²) in [7, 11) is 0. The first-order chi connectivity index (χ1) is 10.6. The lowest BCUT2D eigenvalue weighted by molar-refractivity contribution is -0.117. The van der Waals surface area contributed by atoms with Gasteiger partial charge in [-0.15, -0.1) is 0 Å². The summed E-state index contributed by atoms with van der Waals surface area (Å²) in [5.74, 6) is 0.220. The zero-order chi connectivity index (χ0) is 16.2. The Labute approximate surface area is 134 Å². The van der Waals surface area contributed by atoms with Crippen LogP contribution in [0.25, 0.3) is 6.08 Å². The number of unbranched alkanes of at least 4 members (excludes halogenated alkanes) is 6. The highest BCUT2D eigenvalue weighted by atomic mass is 16.3. The highest BCUT2D eigenvalue weighted by molar-refractivity contribution is 5.97. The van der Waals surface area contributed by atoms with Gasteiger partial charge in [0.2, 0.25) is 5.91 Å². The summed E-state index contributed by atoms with van der Waals surface area (Å²) < 4.78 is 0. The molecule has 2 N–H and O–H groups in total. The fraction of sp³-hybridized carbons (Fsp3) is 0.526. The maximum absolute atomic E-state index is 12.0. The van der Waals surface area contributed by atoms with E-state index in [4.69, 9.17) is 0 Å². The first kappa shape index (κ1) is 18.3. The minimum atomic E-state index is -0.0148. The van der Waals surface area contributed by atoms with Crippen LogP contribution in [0, 0.1) is 0 Å². The van der Waals surface area contributed by atoms with E-state index in [-0.39, 0.29) is 11.7 Å². The normalized spacial score (nSPS) is 11.5. The zero-order valence-electron chi connectivity index (χ0n) is 13.9. The van der Waals surface area contributed by atoms with Crippen LogP contribution in [0.1, 0.15) is 64.4 Å². The Balaban J connectivity index is 2.20. The number of aromatic hydroxyl groups is 1. The lowest BCUT2D eigenvalue weighted by atomic mass is 10.1. The molecule has 0 radical (unpaired) electrons. The number of benzene rings is 1. The fourth-order valence-electron chi connectivity index (χ4n) is 2.31. The van der Waals surface area contributed by atoms with Crippen molar-refractivity contribution < 1.29 is 9.90 Å². The smallest absolute Gasteiger partial charge is 0.246 e. The average molecular weight is 303 g/mol. The molecule has 0 heterocycles. The second kappa shape index (κ2) is 10.9. The second-order valence-electron chi connectivity index (χ2n) is 5.80. The molecular formula is C19H29NO2. The van der Waals surface area contributed by atoms with Crippen molar-refractivity contribution in [2.45, 2.75) is 58.8 Å². The van der Waals surface area contributed by atoms with Crippen LogP contribution in [0.15, 0.2) is 29.8 Å². The van der Waals surface area contributed by atoms with E-state index in [9.17, 15) is 9.90 Å². The summed E-state index contributed by atoms with van der Waals surface area (Å²) in [4.78, 5) is 12.0. The average Bonchev–Trinajstić information content (AvgIpc) is 2.52. The molecule has 1 aromatic rings. The number of carbonyl (C=O) groups is 1. The highest BCUT2D eigenvalue weighted by Gasteiger charge is 2.03. The Morgan fingerprint density at radius 3 is 2.27 bits per heavy atom. The first-order valence-electron chi connectivity index (χ1n) is 8.39. The molecule has 22 heavy (non-hydrogen) atoms. The monoisotopic (exact) mass is 303 g/mol. The number of hydrogen-bond donors (Lipinski definition) is 2. The molecule has 1 aromatic carbocycles. The highest BCUT2D eigenvalue weighted by Crippen LogP contribution is 2.12. The lowest BCUT2D eigenvalue weighted by Crippen LogP contribution is -2.25. The molecule has 0 aromatic heterocycles. The van der Waals surface area contributed by atoms with Gasteiger partial charge in [-0.2, -0.15) is 0 Å². The van der Waals surface area contributed by atoms with Crippen LogP contribution < -0.4 is 5.32 Å². The third-order valence-electron chi connectivity index (χ3n) is 3.70. The van der Waals surface area contributed by atoms with E-state index in [1.54, 1.807) is 24.3 Å². The van der Waals surface area contributed by atoms with Crippen molar-refractivity contribution in [3.8, 4) is 5.75 Å². The Morgan fingerprint density at radius 1 is 1.05 bits per heavy atom. The predicted octanol–water partition coefficient (Wildman–Crippen LogP) is 4.66. The summed E-state index contributed by atoms with van der Waals surface area (Å²) in [6, 6.07) is 6.83. The van der Waals surface area contributed by atoms with E-state index in [0.717, 1.165) is 18.5 Å². The Bertz CT molecular complexity index is 463. The van der Waals surface area contributed by atoms with Crippen LogP contribution in [0.5, 0.6) is 5.75 Å². The second-order valence-corrected chi connectivity index (χ2v) is 5.80. The van der Waals surface area contributed by atoms with Crippen molar-refractivity contribution in [1.29, 1.82) is 0 Å². The Morgan fingerprint density at radius 2 is 1.64 bits per heavy atom. The van der Waals surface area contributed by atoms with Crippen molar-refractivity contribution in [2.75, 3.05) is 6.54 Å². The zero-order valence-corrected chi connectivity index (χ0v) is 13.9. The molecule has 0 aliphatic heterocycles. The van der Waals surface area contributed by atoms with Gasteiger partial charge in [-0.25, -0.2) is 0 Å². The van der Waals surface area contributed by atoms with Gasteiger partial charge in [-0.1, -0.05) is 57.6 Å². The summed E-state index contributed by atoms with van der Waals surface area (Å²) in [6.45, 7) is 4.78. The fourth-order valence-corrected chi connectivity index (χ4v) is 2.31. The van der Waals surface area contributed by atoms with E-state index < -0.39 is 0 Å². The summed E-state index contributed by atoms with van der Waals surface area (Å²) in [5, 5.41) is 12.2. The minimum absolute atomic E-state index is 0.0148. The number of hydrogen-bond acceptors (Lipinski definition) is 2. The van der Waals surface area contributed by atoms with Gasteiger partial charge in [0.1, 0.15) is 5.75 Å². The van der Waals surface area contributed by atoms with Gasteiger partial charge >= 0.3 is 0 Å². The number of phenolic OH excluding ortho intramolecular Hbond substituents is 1. The third-order valence-corrected chi connectivity index (χ3v) is 3.70. The van der Waals surface area contributed by atoms with Crippen LogP contribution in [0.4, 0.5) is 0 Å². The largest absolute Gasteiger partial charge is 0.508 e. The maximum atomic E-state index is 12.0. The minimum Gasteiger partial charge on any atom is -0.508 e. The van der Waals surface area contributed by atoms with Gasteiger partial charge in [0.25, 0.3) is 0 Å². The van der Waals surface area contributed by atoms with Gasteiger partial charge < -0.3 is 10.4 Å². The molecule has 0 aliphatic rings. The number of amides is 1. The molecule has 0 fully saturated rings. The van der Waals surface area contributed by atoms with Crippen LogP contribution in [0.2, 0.25) is 0 Å². The van der Waals surface area contributed by atoms with Crippen LogP contribution in [0.3, 0.4) is 0 Å². The van der Waals surface area contributed by atoms with E-state index in [2.05, 4.69) is 12.2 Å². The van der Waals surface area contributed by atoms with Crippen LogP contribution >= 0.6 is 0 Å². The van der Waals surface area contributed by atoms with Crippen LogP contribution in [-0.4, -0.2) is 17.6 Å². The van der Waals surface area contributed by atoms with Gasteiger partial charge in [0.05, 0.1) is 0 Å². The molecule has 0 bridgehead atoms. The summed E-state index contributed by atoms with van der Waals surface area (Å²) in [6.07, 6.45) is 10.6. The van der Waals surface area contributed by atoms with Gasteiger partial charge in [0.15, 0.2) is 0 Å². The molecule has 3 nitrogen and oxygen atoms in total. The molecule has 0 saturated heterocycles. The summed E-state index contributed by atoms with van der Waals surface area (Å²) in [5.41, 5.74) is 1.61. The molecule has 1 rings (SSSR count). The molecule has 0 aliphatic carbocycles. The first-order valence-corrected chi connectivity index (χ1v) is 8.39. The van der Waals surface area contributed by atoms with Crippen molar-refractivity contribution in [3.63, 3.8) is 0 Å². The van der Waals surface area contributed by atoms with Crippen molar-refractivity contribution in [2.24, 2.45) is 0 Å². The van der Waals surface area contributed by atoms with E-state index >= 15 is 0 Å². The summed E-state index contributed by atoms with van der Waals surface area (Å²) >= 11 is 0. The number of nitrogens with one attached hydrogen (secondary N) is 1. The number of rotatable bonds is 10. The predicted molar refractivity (Wildman–Crippen MR) is 92.8 cm³/mol. The lowest BCUT2D eigenvalue weighted by Gasteiger charge is -2.06. The SMILES string of the molecule is CCCCCCCCCNC(=O)C(C)=Cc1ccc(O)cc1. The molecule has 0 atom stereocenters. The van der Waals surface area contributed by atoms with E-state index in [0.29, 0.717) is 5.57 Å². The molecule has 0 spiro atoms. The van der Waals surface area contributed by atoms with Crippen molar-refractivity contribution >= 4 is 12.0 Å². The van der Waals surface area contributed by atoms with Gasteiger partial charge in [0, 0.05) is 12.1 Å². The molecular weight excluding hydrogens is 274 g/mol. The molecule has 1 amide bonds. The number of carbonyl (C=O) groups excluding carboxylic acids is 1. The van der Waals surface area contributed by atoms with Crippen molar-refractivity contribution in [3.05, 3.63) is 35.4 Å². The third kappa shape index (κ3) is 7.87. The Kier molecular flexibility index (Phi) is 9.04. The number of phenols is 1. The topological polar surface area (TPSA) is 49.3 Å². The quantitative estimate of drug-likeness (QED) is 0.488.